The highest BCUT2D eigenvalue weighted by molar-refractivity contribution is 5.96. The first-order valence-electron chi connectivity index (χ1n) is 8.40. The Bertz CT molecular complexity index is 654. The summed E-state index contributed by atoms with van der Waals surface area (Å²) in [7, 11) is 0. The molecule has 23 heavy (non-hydrogen) atoms. The number of amides is 1. The van der Waals surface area contributed by atoms with Gasteiger partial charge in [-0.05, 0) is 48.9 Å². The van der Waals surface area contributed by atoms with E-state index in [1.165, 1.54) is 5.56 Å². The van der Waals surface area contributed by atoms with Gasteiger partial charge in [-0.1, -0.05) is 55.0 Å². The van der Waals surface area contributed by atoms with Gasteiger partial charge in [0.15, 0.2) is 0 Å². The minimum atomic E-state index is 0.0295. The first-order valence-corrected chi connectivity index (χ1v) is 8.40. The zero-order chi connectivity index (χ0) is 16.1. The predicted octanol–water partition coefficient (Wildman–Crippen LogP) is 3.13. The Morgan fingerprint density at radius 2 is 1.78 bits per heavy atom. The molecule has 120 valence electrons. The van der Waals surface area contributed by atoms with Crippen LogP contribution in [0.25, 0.3) is 0 Å². The first-order chi connectivity index (χ1) is 11.3. The van der Waals surface area contributed by atoms with Crippen LogP contribution < -0.4 is 11.1 Å². The highest BCUT2D eigenvalue weighted by Crippen LogP contribution is 2.25. The molecule has 0 aromatic heterocycles. The number of nitrogens with two attached hydrogens (primary N) is 1. The molecule has 1 saturated carbocycles. The lowest BCUT2D eigenvalue weighted by molar-refractivity contribution is 0.0928. The van der Waals surface area contributed by atoms with Gasteiger partial charge in [-0.25, -0.2) is 0 Å². The van der Waals surface area contributed by atoms with Crippen molar-refractivity contribution in [2.75, 3.05) is 6.54 Å². The molecule has 3 heteroatoms. The maximum Gasteiger partial charge on any atom is 0.251 e. The Hall–Kier alpha value is -2.13. The van der Waals surface area contributed by atoms with Crippen LogP contribution in [0.1, 0.15) is 40.7 Å². The van der Waals surface area contributed by atoms with E-state index < -0.39 is 0 Å². The molecule has 0 radical (unpaired) electrons. The summed E-state index contributed by atoms with van der Waals surface area (Å²) in [6.07, 6.45) is 4.08. The normalized spacial score (nSPS) is 20.4. The van der Waals surface area contributed by atoms with Crippen molar-refractivity contribution in [1.29, 1.82) is 0 Å². The monoisotopic (exact) mass is 308 g/mol. The molecule has 2 aromatic rings. The van der Waals surface area contributed by atoms with Gasteiger partial charge >= 0.3 is 0 Å². The van der Waals surface area contributed by atoms with Crippen molar-refractivity contribution < 1.29 is 4.79 Å². The van der Waals surface area contributed by atoms with Gasteiger partial charge in [-0.3, -0.25) is 4.79 Å². The topological polar surface area (TPSA) is 55.1 Å². The zero-order valence-corrected chi connectivity index (χ0v) is 13.4. The van der Waals surface area contributed by atoms with Crippen molar-refractivity contribution in [3.05, 3.63) is 71.3 Å². The van der Waals surface area contributed by atoms with E-state index in [2.05, 4.69) is 17.4 Å². The summed E-state index contributed by atoms with van der Waals surface area (Å²) in [5.74, 6) is 0.446. The van der Waals surface area contributed by atoms with Gasteiger partial charge in [-0.15, -0.1) is 0 Å². The van der Waals surface area contributed by atoms with Crippen LogP contribution >= 0.6 is 0 Å². The molecule has 0 bridgehead atoms. The van der Waals surface area contributed by atoms with E-state index in [-0.39, 0.29) is 11.9 Å². The average molecular weight is 308 g/mol. The lowest BCUT2D eigenvalue weighted by Gasteiger charge is -2.20. The fourth-order valence-electron chi connectivity index (χ4n) is 3.47. The minimum Gasteiger partial charge on any atom is -0.349 e. The highest BCUT2D eigenvalue weighted by atomic mass is 16.1. The van der Waals surface area contributed by atoms with Gasteiger partial charge in [0, 0.05) is 11.6 Å². The van der Waals surface area contributed by atoms with Crippen LogP contribution in [0.5, 0.6) is 0 Å². The average Bonchev–Trinajstić information content (AvgIpc) is 3.03. The molecule has 2 aromatic carbocycles. The largest absolute Gasteiger partial charge is 0.349 e. The molecule has 2 atom stereocenters. The number of nitrogens with one attached hydrogen (secondary N) is 1. The van der Waals surface area contributed by atoms with Crippen molar-refractivity contribution in [1.82, 2.24) is 5.32 Å². The summed E-state index contributed by atoms with van der Waals surface area (Å²) in [6, 6.07) is 18.4. The lowest BCUT2D eigenvalue weighted by atomic mass is 9.98. The maximum atomic E-state index is 12.7. The van der Waals surface area contributed by atoms with Crippen LogP contribution in [0, 0.1) is 5.92 Å². The summed E-state index contributed by atoms with van der Waals surface area (Å²) in [5.41, 5.74) is 8.88. The molecule has 1 amide bonds. The Balaban J connectivity index is 1.75. The summed E-state index contributed by atoms with van der Waals surface area (Å²) >= 11 is 0. The van der Waals surface area contributed by atoms with Gasteiger partial charge in [0.25, 0.3) is 5.91 Å². The van der Waals surface area contributed by atoms with E-state index in [4.69, 9.17) is 5.73 Å². The second-order valence-corrected chi connectivity index (χ2v) is 6.33. The van der Waals surface area contributed by atoms with E-state index in [9.17, 15) is 4.79 Å². The maximum absolute atomic E-state index is 12.7. The number of hydrogen-bond acceptors (Lipinski definition) is 2. The third kappa shape index (κ3) is 3.80. The van der Waals surface area contributed by atoms with E-state index >= 15 is 0 Å². The number of carbonyl (C=O) groups excluding carboxylic acids is 1. The van der Waals surface area contributed by atoms with Gasteiger partial charge < -0.3 is 11.1 Å². The molecular formula is C20H24N2O. The van der Waals surface area contributed by atoms with Crippen LogP contribution in [0.3, 0.4) is 0 Å². The fraction of sp³-hybridized carbons (Fsp3) is 0.350. The summed E-state index contributed by atoms with van der Waals surface area (Å²) < 4.78 is 0. The van der Waals surface area contributed by atoms with Gasteiger partial charge in [0.05, 0.1) is 0 Å². The number of rotatable bonds is 5. The molecule has 3 nitrogen and oxygen atoms in total. The van der Waals surface area contributed by atoms with Crippen molar-refractivity contribution in [3.8, 4) is 0 Å². The second kappa shape index (κ2) is 7.42. The van der Waals surface area contributed by atoms with Crippen molar-refractivity contribution >= 4 is 5.91 Å². The molecule has 0 spiro atoms. The van der Waals surface area contributed by atoms with Crippen molar-refractivity contribution in [2.45, 2.75) is 31.7 Å². The van der Waals surface area contributed by atoms with Gasteiger partial charge in [-0.2, -0.15) is 0 Å². The van der Waals surface area contributed by atoms with Crippen molar-refractivity contribution in [3.63, 3.8) is 0 Å². The molecule has 1 aliphatic carbocycles. The minimum absolute atomic E-state index is 0.0295. The van der Waals surface area contributed by atoms with Crippen LogP contribution in [0.4, 0.5) is 0 Å². The van der Waals surface area contributed by atoms with E-state index in [1.807, 2.05) is 42.5 Å². The summed E-state index contributed by atoms with van der Waals surface area (Å²) in [5, 5.41) is 3.20. The van der Waals surface area contributed by atoms with Gasteiger partial charge in [0.1, 0.15) is 0 Å². The molecule has 1 aliphatic rings. The van der Waals surface area contributed by atoms with Crippen LogP contribution in [0.15, 0.2) is 54.6 Å². The second-order valence-electron chi connectivity index (χ2n) is 6.33. The number of benzene rings is 2. The highest BCUT2D eigenvalue weighted by Gasteiger charge is 2.28. The standard InChI is InChI=1S/C20H24N2O/c21-14-17-10-6-12-19(17)22-20(23)18-11-5-4-9-16(18)13-15-7-2-1-3-8-15/h1-5,7-9,11,17,19H,6,10,12-14,21H2,(H,22,23). The van der Waals surface area contributed by atoms with E-state index in [0.717, 1.165) is 36.8 Å². The quantitative estimate of drug-likeness (QED) is 0.891. The first kappa shape index (κ1) is 15.8. The van der Waals surface area contributed by atoms with Crippen LogP contribution in [-0.4, -0.2) is 18.5 Å². The molecule has 2 unspecified atom stereocenters. The number of carbonyl (C=O) groups is 1. The fourth-order valence-corrected chi connectivity index (χ4v) is 3.47. The SMILES string of the molecule is NCC1CCCC1NC(=O)c1ccccc1Cc1ccccc1. The molecular weight excluding hydrogens is 284 g/mol. The Labute approximate surface area is 137 Å². The summed E-state index contributed by atoms with van der Waals surface area (Å²) in [4.78, 5) is 12.7. The predicted molar refractivity (Wildman–Crippen MR) is 93.3 cm³/mol. The van der Waals surface area contributed by atoms with E-state index in [1.54, 1.807) is 0 Å². The molecule has 3 N–H and O–H groups in total. The van der Waals surface area contributed by atoms with Crippen LogP contribution in [0.2, 0.25) is 0 Å². The molecule has 0 saturated heterocycles. The molecule has 1 fully saturated rings. The molecule has 0 heterocycles. The number of hydrogen-bond donors (Lipinski definition) is 2. The lowest BCUT2D eigenvalue weighted by Crippen LogP contribution is -2.40. The summed E-state index contributed by atoms with van der Waals surface area (Å²) in [6.45, 7) is 0.649. The van der Waals surface area contributed by atoms with Crippen molar-refractivity contribution in [2.24, 2.45) is 11.7 Å². The third-order valence-corrected chi connectivity index (χ3v) is 4.78. The van der Waals surface area contributed by atoms with Gasteiger partial charge in [0.2, 0.25) is 0 Å². The van der Waals surface area contributed by atoms with Crippen LogP contribution in [-0.2, 0) is 6.42 Å². The smallest absolute Gasteiger partial charge is 0.251 e. The Morgan fingerprint density at radius 3 is 2.57 bits per heavy atom. The molecule has 0 aliphatic heterocycles. The third-order valence-electron chi connectivity index (χ3n) is 4.78. The Kier molecular flexibility index (Phi) is 5.09. The molecule has 3 rings (SSSR count). The zero-order valence-electron chi connectivity index (χ0n) is 13.4. The van der Waals surface area contributed by atoms with E-state index in [0.29, 0.717) is 12.5 Å². The Morgan fingerprint density at radius 1 is 1.04 bits per heavy atom.